The molecule has 2 rings (SSSR count). The number of hydrogen-bond donors (Lipinski definition) is 3. The Morgan fingerprint density at radius 1 is 1.44 bits per heavy atom. The number of halogens is 1. The zero-order valence-electron chi connectivity index (χ0n) is 9.66. The Kier molecular flexibility index (Phi) is 3.29. The van der Waals surface area contributed by atoms with Gasteiger partial charge in [-0.2, -0.15) is 0 Å². The first-order valence-corrected chi connectivity index (χ1v) is 5.74. The van der Waals surface area contributed by atoms with E-state index in [4.69, 9.17) is 18.0 Å². The number of thiocarbonyl (C=S) groups is 1. The Balaban J connectivity index is 2.54. The van der Waals surface area contributed by atoms with Crippen molar-refractivity contribution in [1.82, 2.24) is 10.6 Å². The van der Waals surface area contributed by atoms with Crippen LogP contribution in [0.5, 0.6) is 0 Å². The van der Waals surface area contributed by atoms with Gasteiger partial charge in [0.05, 0.1) is 11.6 Å². The highest BCUT2D eigenvalue weighted by Gasteiger charge is 2.29. The summed E-state index contributed by atoms with van der Waals surface area (Å²) in [6.07, 6.45) is 0. The molecule has 1 amide bonds. The predicted octanol–water partition coefficient (Wildman–Crippen LogP) is 1.10. The molecular formula is C12H12FN3OS. The zero-order valence-corrected chi connectivity index (χ0v) is 10.5. The second-order valence-electron chi connectivity index (χ2n) is 3.96. The fraction of sp³-hybridized carbons (Fsp3) is 0.167. The highest BCUT2D eigenvalue weighted by molar-refractivity contribution is 7.80. The zero-order chi connectivity index (χ0) is 13.3. The van der Waals surface area contributed by atoms with Gasteiger partial charge in [-0.05, 0) is 25.2 Å². The maximum atomic E-state index is 13.8. The van der Waals surface area contributed by atoms with Gasteiger partial charge in [-0.25, -0.2) is 4.39 Å². The molecule has 0 bridgehead atoms. The Labute approximate surface area is 109 Å². The molecule has 0 saturated carbocycles. The third kappa shape index (κ3) is 2.19. The van der Waals surface area contributed by atoms with Crippen LogP contribution in [-0.4, -0.2) is 11.0 Å². The summed E-state index contributed by atoms with van der Waals surface area (Å²) in [5.74, 6) is -1.02. The summed E-state index contributed by atoms with van der Waals surface area (Å²) in [6.45, 7) is 1.68. The van der Waals surface area contributed by atoms with E-state index in [1.807, 2.05) is 0 Å². The van der Waals surface area contributed by atoms with Gasteiger partial charge in [0.2, 0.25) is 5.91 Å². The lowest BCUT2D eigenvalue weighted by Crippen LogP contribution is -2.46. The van der Waals surface area contributed by atoms with Crippen LogP contribution < -0.4 is 16.4 Å². The van der Waals surface area contributed by atoms with Crippen LogP contribution in [0.15, 0.2) is 35.5 Å². The van der Waals surface area contributed by atoms with Crippen LogP contribution in [0.3, 0.4) is 0 Å². The van der Waals surface area contributed by atoms with E-state index in [0.29, 0.717) is 16.4 Å². The molecule has 0 saturated heterocycles. The molecule has 1 aromatic rings. The SMILES string of the molecule is CC1=C(C(N)=O)C(c2ccccc2F)NC(=S)N1. The lowest BCUT2D eigenvalue weighted by molar-refractivity contribution is -0.115. The molecule has 0 fully saturated rings. The summed E-state index contributed by atoms with van der Waals surface area (Å²) in [4.78, 5) is 11.5. The lowest BCUT2D eigenvalue weighted by atomic mass is 9.95. The highest BCUT2D eigenvalue weighted by atomic mass is 32.1. The summed E-state index contributed by atoms with van der Waals surface area (Å²) in [7, 11) is 0. The average Bonchev–Trinajstić information content (AvgIpc) is 2.27. The van der Waals surface area contributed by atoms with Crippen molar-refractivity contribution in [3.8, 4) is 0 Å². The molecule has 4 N–H and O–H groups in total. The molecule has 1 unspecified atom stereocenters. The number of nitrogens with two attached hydrogens (primary N) is 1. The summed E-state index contributed by atoms with van der Waals surface area (Å²) < 4.78 is 13.8. The standard InChI is InChI=1S/C12H12FN3OS/c1-6-9(11(14)17)10(16-12(18)15-6)7-4-2-3-5-8(7)13/h2-5,10H,1H3,(H2,14,17)(H2,15,16,18). The van der Waals surface area contributed by atoms with Gasteiger partial charge < -0.3 is 16.4 Å². The Hall–Kier alpha value is -1.95. The highest BCUT2D eigenvalue weighted by Crippen LogP contribution is 2.27. The summed E-state index contributed by atoms with van der Waals surface area (Å²) >= 11 is 5.01. The molecular weight excluding hydrogens is 253 g/mol. The van der Waals surface area contributed by atoms with Gasteiger partial charge in [-0.3, -0.25) is 4.79 Å². The summed E-state index contributed by atoms with van der Waals surface area (Å²) in [6, 6.07) is 5.54. The fourth-order valence-electron chi connectivity index (χ4n) is 1.96. The maximum absolute atomic E-state index is 13.8. The first-order chi connectivity index (χ1) is 8.50. The van der Waals surface area contributed by atoms with E-state index in [9.17, 15) is 9.18 Å². The number of primary amides is 1. The van der Waals surface area contributed by atoms with Gasteiger partial charge in [-0.1, -0.05) is 18.2 Å². The second kappa shape index (κ2) is 4.73. The van der Waals surface area contributed by atoms with E-state index < -0.39 is 17.8 Å². The van der Waals surface area contributed by atoms with Crippen LogP contribution in [0.4, 0.5) is 4.39 Å². The molecule has 0 spiro atoms. The third-order valence-corrected chi connectivity index (χ3v) is 2.97. The summed E-state index contributed by atoms with van der Waals surface area (Å²) in [5.41, 5.74) is 6.51. The molecule has 6 heteroatoms. The van der Waals surface area contributed by atoms with E-state index in [1.54, 1.807) is 25.1 Å². The summed E-state index contributed by atoms with van der Waals surface area (Å²) in [5, 5.41) is 6.00. The molecule has 1 heterocycles. The van der Waals surface area contributed by atoms with Crippen LogP contribution in [-0.2, 0) is 4.79 Å². The minimum absolute atomic E-state index is 0.286. The van der Waals surface area contributed by atoms with Gasteiger partial charge in [0.15, 0.2) is 5.11 Å². The largest absolute Gasteiger partial charge is 0.366 e. The van der Waals surface area contributed by atoms with Crippen molar-refractivity contribution in [3.63, 3.8) is 0 Å². The Morgan fingerprint density at radius 3 is 2.72 bits per heavy atom. The molecule has 1 aliphatic rings. The van der Waals surface area contributed by atoms with Crippen molar-refractivity contribution in [3.05, 3.63) is 46.9 Å². The van der Waals surface area contributed by atoms with Crippen LogP contribution in [0.2, 0.25) is 0 Å². The predicted molar refractivity (Wildman–Crippen MR) is 69.9 cm³/mol. The number of carbonyl (C=O) groups is 1. The Morgan fingerprint density at radius 2 is 2.11 bits per heavy atom. The fourth-order valence-corrected chi connectivity index (χ4v) is 2.23. The number of carbonyl (C=O) groups excluding carboxylic acids is 1. The third-order valence-electron chi connectivity index (χ3n) is 2.75. The van der Waals surface area contributed by atoms with Crippen molar-refractivity contribution in [2.75, 3.05) is 0 Å². The molecule has 4 nitrogen and oxygen atoms in total. The van der Waals surface area contributed by atoms with E-state index in [0.717, 1.165) is 0 Å². The van der Waals surface area contributed by atoms with Gasteiger partial charge >= 0.3 is 0 Å². The smallest absolute Gasteiger partial charge is 0.248 e. The minimum Gasteiger partial charge on any atom is -0.366 e. The van der Waals surface area contributed by atoms with E-state index in [2.05, 4.69) is 10.6 Å². The van der Waals surface area contributed by atoms with Gasteiger partial charge in [0.25, 0.3) is 0 Å². The molecule has 1 atom stereocenters. The number of allylic oxidation sites excluding steroid dienone is 1. The van der Waals surface area contributed by atoms with Crippen molar-refractivity contribution < 1.29 is 9.18 Å². The van der Waals surface area contributed by atoms with E-state index >= 15 is 0 Å². The van der Waals surface area contributed by atoms with Crippen molar-refractivity contribution in [2.45, 2.75) is 13.0 Å². The van der Waals surface area contributed by atoms with Crippen molar-refractivity contribution >= 4 is 23.2 Å². The molecule has 0 aliphatic carbocycles. The van der Waals surface area contributed by atoms with E-state index in [-0.39, 0.29) is 5.57 Å². The number of rotatable bonds is 2. The van der Waals surface area contributed by atoms with Gasteiger partial charge in [0.1, 0.15) is 5.82 Å². The van der Waals surface area contributed by atoms with Crippen LogP contribution in [0, 0.1) is 5.82 Å². The second-order valence-corrected chi connectivity index (χ2v) is 4.36. The molecule has 94 valence electrons. The van der Waals surface area contributed by atoms with Crippen LogP contribution in [0.1, 0.15) is 18.5 Å². The molecule has 0 radical (unpaired) electrons. The average molecular weight is 265 g/mol. The van der Waals surface area contributed by atoms with Crippen LogP contribution >= 0.6 is 12.2 Å². The molecule has 1 aromatic carbocycles. The number of nitrogens with one attached hydrogen (secondary N) is 2. The molecule has 18 heavy (non-hydrogen) atoms. The first kappa shape index (κ1) is 12.5. The first-order valence-electron chi connectivity index (χ1n) is 5.33. The van der Waals surface area contributed by atoms with E-state index in [1.165, 1.54) is 6.07 Å². The Bertz CT molecular complexity index is 556. The molecule has 0 aromatic heterocycles. The maximum Gasteiger partial charge on any atom is 0.248 e. The molecule has 1 aliphatic heterocycles. The minimum atomic E-state index is -0.655. The monoisotopic (exact) mass is 265 g/mol. The van der Waals surface area contributed by atoms with Crippen LogP contribution in [0.25, 0.3) is 0 Å². The quantitative estimate of drug-likeness (QED) is 0.701. The number of benzene rings is 1. The van der Waals surface area contributed by atoms with Crippen molar-refractivity contribution in [2.24, 2.45) is 5.73 Å². The topological polar surface area (TPSA) is 67.2 Å². The van der Waals surface area contributed by atoms with Gasteiger partial charge in [-0.15, -0.1) is 0 Å². The van der Waals surface area contributed by atoms with Gasteiger partial charge in [0, 0.05) is 11.3 Å². The number of hydrogen-bond acceptors (Lipinski definition) is 2. The van der Waals surface area contributed by atoms with Crippen molar-refractivity contribution in [1.29, 1.82) is 0 Å². The normalized spacial score (nSPS) is 19.2. The lowest BCUT2D eigenvalue weighted by Gasteiger charge is -2.29. The number of amides is 1.